The molecule has 0 saturated carbocycles. The maximum absolute atomic E-state index is 12.5. The standard InChI is InChI=1S/C12H17ClN2O2S2/c1-12(2)4-6-15(7-8-18-12)19(16,17)10-3-5-14-11(13)9-10/h3,5,9H,4,6-8H2,1-2H3. The van der Waals surface area contributed by atoms with Gasteiger partial charge in [0.15, 0.2) is 0 Å². The van der Waals surface area contributed by atoms with E-state index >= 15 is 0 Å². The maximum Gasteiger partial charge on any atom is 0.243 e. The minimum Gasteiger partial charge on any atom is -0.244 e. The third-order valence-electron chi connectivity index (χ3n) is 3.13. The van der Waals surface area contributed by atoms with Crippen LogP contribution in [0.25, 0.3) is 0 Å². The summed E-state index contributed by atoms with van der Waals surface area (Å²) in [4.78, 5) is 4.04. The van der Waals surface area contributed by atoms with Crippen LogP contribution in [0.2, 0.25) is 5.15 Å². The van der Waals surface area contributed by atoms with Gasteiger partial charge in [0, 0.05) is 29.8 Å². The Morgan fingerprint density at radius 2 is 2.16 bits per heavy atom. The third kappa shape index (κ3) is 3.62. The molecule has 0 unspecified atom stereocenters. The highest BCUT2D eigenvalue weighted by molar-refractivity contribution is 8.00. The summed E-state index contributed by atoms with van der Waals surface area (Å²) in [5.74, 6) is 0.811. The molecule has 1 aromatic heterocycles. The molecule has 7 heteroatoms. The summed E-state index contributed by atoms with van der Waals surface area (Å²) in [6.45, 7) is 5.38. The molecule has 1 fully saturated rings. The Morgan fingerprint density at radius 3 is 2.84 bits per heavy atom. The van der Waals surface area contributed by atoms with Gasteiger partial charge < -0.3 is 0 Å². The van der Waals surface area contributed by atoms with Crippen molar-refractivity contribution in [2.24, 2.45) is 0 Å². The van der Waals surface area contributed by atoms with Crippen LogP contribution in [0.4, 0.5) is 0 Å². The number of hydrogen-bond donors (Lipinski definition) is 0. The van der Waals surface area contributed by atoms with Crippen LogP contribution in [0.15, 0.2) is 23.2 Å². The first-order valence-corrected chi connectivity index (χ1v) is 8.87. The number of hydrogen-bond acceptors (Lipinski definition) is 4. The number of nitrogens with zero attached hydrogens (tertiary/aromatic N) is 2. The summed E-state index contributed by atoms with van der Waals surface area (Å²) in [5.41, 5.74) is 0. The van der Waals surface area contributed by atoms with Gasteiger partial charge in [0.25, 0.3) is 0 Å². The quantitative estimate of drug-likeness (QED) is 0.786. The predicted molar refractivity (Wildman–Crippen MR) is 79.2 cm³/mol. The highest BCUT2D eigenvalue weighted by Crippen LogP contribution is 2.32. The van der Waals surface area contributed by atoms with Crippen molar-refractivity contribution >= 4 is 33.4 Å². The molecule has 2 rings (SSSR count). The summed E-state index contributed by atoms with van der Waals surface area (Å²) in [6.07, 6.45) is 2.27. The number of aromatic nitrogens is 1. The summed E-state index contributed by atoms with van der Waals surface area (Å²) in [5, 5.41) is 0.200. The second-order valence-electron chi connectivity index (χ2n) is 5.08. The van der Waals surface area contributed by atoms with Crippen LogP contribution in [-0.2, 0) is 10.0 Å². The van der Waals surface area contributed by atoms with Crippen molar-refractivity contribution in [1.82, 2.24) is 9.29 Å². The largest absolute Gasteiger partial charge is 0.244 e. The molecule has 0 bridgehead atoms. The van der Waals surface area contributed by atoms with Crippen LogP contribution in [0.1, 0.15) is 20.3 Å². The molecular formula is C12H17ClN2O2S2. The van der Waals surface area contributed by atoms with Gasteiger partial charge >= 0.3 is 0 Å². The first kappa shape index (κ1) is 15.1. The summed E-state index contributed by atoms with van der Waals surface area (Å²) in [6, 6.07) is 2.89. The molecule has 0 N–H and O–H groups in total. The molecule has 2 heterocycles. The van der Waals surface area contributed by atoms with Crippen LogP contribution < -0.4 is 0 Å². The molecule has 1 saturated heterocycles. The monoisotopic (exact) mass is 320 g/mol. The number of rotatable bonds is 2. The lowest BCUT2D eigenvalue weighted by atomic mass is 10.1. The van der Waals surface area contributed by atoms with Gasteiger partial charge in [-0.3, -0.25) is 0 Å². The van der Waals surface area contributed by atoms with Gasteiger partial charge in [0.2, 0.25) is 10.0 Å². The number of halogens is 1. The average Bonchev–Trinajstić information content (AvgIpc) is 2.50. The second-order valence-corrected chi connectivity index (χ2v) is 9.20. The molecule has 0 spiro atoms. The van der Waals surface area contributed by atoms with E-state index in [1.807, 2.05) is 11.8 Å². The highest BCUT2D eigenvalue weighted by Gasteiger charge is 2.30. The van der Waals surface area contributed by atoms with E-state index in [-0.39, 0.29) is 14.8 Å². The Bertz CT molecular complexity index is 561. The van der Waals surface area contributed by atoms with Crippen LogP contribution in [-0.4, -0.2) is 41.3 Å². The Kier molecular flexibility index (Phi) is 4.45. The van der Waals surface area contributed by atoms with Gasteiger partial charge in [-0.15, -0.1) is 0 Å². The Labute approximate surface area is 123 Å². The van der Waals surface area contributed by atoms with Crippen LogP contribution in [0, 0.1) is 0 Å². The molecule has 0 atom stereocenters. The van der Waals surface area contributed by atoms with Crippen molar-refractivity contribution in [2.75, 3.05) is 18.8 Å². The minimum absolute atomic E-state index is 0.125. The second kappa shape index (κ2) is 5.60. The molecule has 0 radical (unpaired) electrons. The van der Waals surface area contributed by atoms with Crippen LogP contribution in [0.5, 0.6) is 0 Å². The molecule has 106 valence electrons. The van der Waals surface area contributed by atoms with Crippen molar-refractivity contribution in [3.8, 4) is 0 Å². The number of thioether (sulfide) groups is 1. The zero-order valence-electron chi connectivity index (χ0n) is 11.0. The first-order chi connectivity index (χ1) is 8.81. The van der Waals surface area contributed by atoms with E-state index in [0.717, 1.165) is 12.2 Å². The van der Waals surface area contributed by atoms with Crippen molar-refractivity contribution in [1.29, 1.82) is 0 Å². The molecule has 0 aliphatic carbocycles. The molecule has 1 aromatic rings. The molecule has 0 amide bonds. The van der Waals surface area contributed by atoms with E-state index in [0.29, 0.717) is 13.1 Å². The molecular weight excluding hydrogens is 304 g/mol. The summed E-state index contributed by atoms with van der Waals surface area (Å²) >= 11 is 7.58. The summed E-state index contributed by atoms with van der Waals surface area (Å²) in [7, 11) is -3.46. The van der Waals surface area contributed by atoms with Gasteiger partial charge in [0.05, 0.1) is 4.90 Å². The van der Waals surface area contributed by atoms with Crippen LogP contribution in [0.3, 0.4) is 0 Å². The normalized spacial score (nSPS) is 21.0. The topological polar surface area (TPSA) is 50.3 Å². The summed E-state index contributed by atoms with van der Waals surface area (Å²) < 4.78 is 26.7. The fourth-order valence-electron chi connectivity index (χ4n) is 1.94. The van der Waals surface area contributed by atoms with Gasteiger partial charge in [-0.1, -0.05) is 25.4 Å². The van der Waals surface area contributed by atoms with E-state index < -0.39 is 10.0 Å². The Morgan fingerprint density at radius 1 is 1.42 bits per heavy atom. The van der Waals surface area contributed by atoms with Crippen molar-refractivity contribution < 1.29 is 8.42 Å². The SMILES string of the molecule is CC1(C)CCN(S(=O)(=O)c2ccnc(Cl)c2)CCS1. The van der Waals surface area contributed by atoms with Gasteiger partial charge in [-0.05, 0) is 18.6 Å². The number of pyridine rings is 1. The van der Waals surface area contributed by atoms with Crippen LogP contribution >= 0.6 is 23.4 Å². The lowest BCUT2D eigenvalue weighted by molar-refractivity contribution is 0.415. The van der Waals surface area contributed by atoms with E-state index in [9.17, 15) is 8.42 Å². The lowest BCUT2D eigenvalue weighted by Crippen LogP contribution is -2.33. The van der Waals surface area contributed by atoms with E-state index in [2.05, 4.69) is 18.8 Å². The number of sulfonamides is 1. The fourth-order valence-corrected chi connectivity index (χ4v) is 4.85. The third-order valence-corrected chi connectivity index (χ3v) is 6.61. The Hall–Kier alpha value is -0.300. The van der Waals surface area contributed by atoms with Gasteiger partial charge in [-0.2, -0.15) is 16.1 Å². The fraction of sp³-hybridized carbons (Fsp3) is 0.583. The van der Waals surface area contributed by atoms with Crippen molar-refractivity contribution in [3.63, 3.8) is 0 Å². The van der Waals surface area contributed by atoms with Gasteiger partial charge in [-0.25, -0.2) is 13.4 Å². The average molecular weight is 321 g/mol. The smallest absolute Gasteiger partial charge is 0.243 e. The minimum atomic E-state index is -3.46. The highest BCUT2D eigenvalue weighted by atomic mass is 35.5. The Balaban J connectivity index is 2.25. The van der Waals surface area contributed by atoms with E-state index in [1.165, 1.54) is 18.3 Å². The van der Waals surface area contributed by atoms with E-state index in [1.54, 1.807) is 4.31 Å². The van der Waals surface area contributed by atoms with Crippen molar-refractivity contribution in [3.05, 3.63) is 23.5 Å². The first-order valence-electron chi connectivity index (χ1n) is 6.07. The molecule has 4 nitrogen and oxygen atoms in total. The lowest BCUT2D eigenvalue weighted by Gasteiger charge is -2.22. The molecule has 1 aliphatic heterocycles. The van der Waals surface area contributed by atoms with E-state index in [4.69, 9.17) is 11.6 Å². The van der Waals surface area contributed by atoms with Crippen molar-refractivity contribution in [2.45, 2.75) is 29.9 Å². The molecule has 0 aromatic carbocycles. The maximum atomic E-state index is 12.5. The molecule has 19 heavy (non-hydrogen) atoms. The molecule has 1 aliphatic rings. The zero-order chi connectivity index (χ0) is 14.1. The van der Waals surface area contributed by atoms with Gasteiger partial charge in [0.1, 0.15) is 5.15 Å². The zero-order valence-corrected chi connectivity index (χ0v) is 13.4. The predicted octanol–water partition coefficient (Wildman–Crippen LogP) is 2.64.